The number of halogens is 8. The van der Waals surface area contributed by atoms with Gasteiger partial charge in [-0.25, -0.2) is 12.8 Å². The quantitative estimate of drug-likeness (QED) is 0.227. The number of nitrogens with zero attached hydrogens (tertiary/aromatic N) is 1. The predicted octanol–water partition coefficient (Wildman–Crippen LogP) is 6.53. The Morgan fingerprint density at radius 3 is 2.10 bits per heavy atom. The van der Waals surface area contributed by atoms with Gasteiger partial charge in [0.15, 0.2) is 14.6 Å². The Kier molecular flexibility index (Phi) is 6.74. The fourth-order valence-electron chi connectivity index (χ4n) is 5.29. The van der Waals surface area contributed by atoms with Crippen LogP contribution in [0.4, 0.5) is 30.7 Å². The molecular formula is C26H19F7INO3S. The molecule has 5 rings (SSSR count). The van der Waals surface area contributed by atoms with Crippen molar-refractivity contribution in [2.24, 2.45) is 0 Å². The van der Waals surface area contributed by atoms with Gasteiger partial charge in [-0.15, -0.1) is 0 Å². The van der Waals surface area contributed by atoms with Crippen molar-refractivity contribution in [3.8, 4) is 5.75 Å². The number of ether oxygens (including phenoxy) is 1. The largest absolute Gasteiger partial charge is 0.487 e. The fraction of sp³-hybridized carbons (Fsp3) is 0.308. The lowest BCUT2D eigenvalue weighted by atomic mass is 9.90. The van der Waals surface area contributed by atoms with Gasteiger partial charge < -0.3 is 4.74 Å². The Hall–Kier alpha value is -2.39. The van der Waals surface area contributed by atoms with Crippen molar-refractivity contribution in [1.82, 2.24) is 4.90 Å². The maximum Gasteiger partial charge on any atom is 0.435 e. The van der Waals surface area contributed by atoms with E-state index in [2.05, 4.69) is 0 Å². The van der Waals surface area contributed by atoms with E-state index < -0.39 is 50.0 Å². The molecule has 0 amide bonds. The smallest absolute Gasteiger partial charge is 0.435 e. The molecule has 1 fully saturated rings. The molecule has 2 heterocycles. The number of likely N-dealkylation sites (tertiary alicyclic amines) is 1. The summed E-state index contributed by atoms with van der Waals surface area (Å²) in [7, 11) is -4.31. The first-order chi connectivity index (χ1) is 18.1. The number of rotatable bonds is 5. The van der Waals surface area contributed by atoms with E-state index in [1.807, 2.05) is 52.9 Å². The molecule has 0 bridgehead atoms. The maximum absolute atomic E-state index is 14.8. The van der Waals surface area contributed by atoms with Crippen LogP contribution in [0.2, 0.25) is 0 Å². The van der Waals surface area contributed by atoms with Crippen LogP contribution < -0.4 is 4.74 Å². The summed E-state index contributed by atoms with van der Waals surface area (Å²) in [5.41, 5.74) is -6.65. The number of benzene rings is 3. The van der Waals surface area contributed by atoms with Gasteiger partial charge in [-0.05, 0) is 58.5 Å². The molecule has 1 saturated heterocycles. The van der Waals surface area contributed by atoms with Crippen molar-refractivity contribution >= 4 is 32.4 Å². The zero-order valence-electron chi connectivity index (χ0n) is 19.7. The van der Waals surface area contributed by atoms with Gasteiger partial charge in [0.1, 0.15) is 11.9 Å². The average molecular weight is 685 g/mol. The molecule has 2 aliphatic rings. The molecule has 3 aromatic carbocycles. The zero-order chi connectivity index (χ0) is 28.4. The van der Waals surface area contributed by atoms with E-state index in [1.165, 1.54) is 12.1 Å². The van der Waals surface area contributed by atoms with Crippen molar-refractivity contribution in [3.63, 3.8) is 0 Å². The van der Waals surface area contributed by atoms with Gasteiger partial charge in [0.25, 0.3) is 0 Å². The van der Waals surface area contributed by atoms with Crippen LogP contribution >= 0.6 is 22.6 Å². The summed E-state index contributed by atoms with van der Waals surface area (Å²) in [5, 5.41) is 0. The second-order valence-corrected chi connectivity index (χ2v) is 12.9. The molecule has 39 heavy (non-hydrogen) atoms. The highest BCUT2D eigenvalue weighted by Gasteiger charge is 2.74. The maximum atomic E-state index is 14.8. The number of fused-ring (bicyclic) bond motifs is 3. The molecule has 0 saturated carbocycles. The van der Waals surface area contributed by atoms with E-state index in [1.54, 1.807) is 17.0 Å². The van der Waals surface area contributed by atoms with Crippen LogP contribution in [-0.4, -0.2) is 44.9 Å². The summed E-state index contributed by atoms with van der Waals surface area (Å²) in [6, 6.07) is 16.5. The molecular weight excluding hydrogens is 666 g/mol. The predicted molar refractivity (Wildman–Crippen MR) is 135 cm³/mol. The number of hydrogen-bond donors (Lipinski definition) is 0. The van der Waals surface area contributed by atoms with Crippen LogP contribution in [0, 0.1) is 3.57 Å². The SMILES string of the molecule is O=S(=O)(c1ccc(I)cc1)C12CN(Cc3ccccc3)CC1Oc1cc(C(F)(C(F)(F)F)C(F)(F)F)ccc12. The zero-order valence-corrected chi connectivity index (χ0v) is 22.7. The minimum absolute atomic E-state index is 0.0157. The number of alkyl halides is 7. The first kappa shape index (κ1) is 28.1. The van der Waals surface area contributed by atoms with E-state index in [0.29, 0.717) is 18.7 Å². The second kappa shape index (κ2) is 9.33. The summed E-state index contributed by atoms with van der Waals surface area (Å²) in [6.07, 6.45) is -13.8. The van der Waals surface area contributed by atoms with Gasteiger partial charge >= 0.3 is 18.0 Å². The molecule has 208 valence electrons. The lowest BCUT2D eigenvalue weighted by Gasteiger charge is -2.31. The molecule has 0 aliphatic carbocycles. The summed E-state index contributed by atoms with van der Waals surface area (Å²) >= 11 is 1.99. The van der Waals surface area contributed by atoms with Crippen LogP contribution in [0.15, 0.2) is 77.7 Å². The third-order valence-corrected chi connectivity index (χ3v) is 10.3. The van der Waals surface area contributed by atoms with Gasteiger partial charge in [0, 0.05) is 34.3 Å². The highest BCUT2D eigenvalue weighted by Crippen LogP contribution is 2.57. The van der Waals surface area contributed by atoms with Crippen molar-refractivity contribution < 1.29 is 43.9 Å². The van der Waals surface area contributed by atoms with E-state index in [9.17, 15) is 39.2 Å². The summed E-state index contributed by atoms with van der Waals surface area (Å²) in [4.78, 5) is 1.71. The molecule has 0 aromatic heterocycles. The molecule has 4 nitrogen and oxygen atoms in total. The molecule has 13 heteroatoms. The lowest BCUT2D eigenvalue weighted by molar-refractivity contribution is -0.348. The Balaban J connectivity index is 1.65. The van der Waals surface area contributed by atoms with Gasteiger partial charge in [-0.3, -0.25) is 4.90 Å². The number of sulfone groups is 1. The Bertz CT molecular complexity index is 1480. The van der Waals surface area contributed by atoms with Gasteiger partial charge in [-0.1, -0.05) is 42.5 Å². The highest BCUT2D eigenvalue weighted by molar-refractivity contribution is 14.1. The summed E-state index contributed by atoms with van der Waals surface area (Å²) < 4.78 is 128. The second-order valence-electron chi connectivity index (χ2n) is 9.47. The van der Waals surface area contributed by atoms with E-state index >= 15 is 0 Å². The van der Waals surface area contributed by atoms with Gasteiger partial charge in [0.05, 0.1) is 4.90 Å². The first-order valence-electron chi connectivity index (χ1n) is 11.5. The molecule has 2 aliphatic heterocycles. The van der Waals surface area contributed by atoms with Crippen molar-refractivity contribution in [2.75, 3.05) is 13.1 Å². The molecule has 2 unspecified atom stereocenters. The first-order valence-corrected chi connectivity index (χ1v) is 14.1. The van der Waals surface area contributed by atoms with Gasteiger partial charge in [0.2, 0.25) is 0 Å². The molecule has 0 spiro atoms. The minimum Gasteiger partial charge on any atom is -0.487 e. The molecule has 0 N–H and O–H groups in total. The standard InChI is InChI=1S/C26H19F7INO3S/c27-24(25(28,29)30,26(31,32)33)17-6-11-20-21(12-17)38-22-14-35(13-16-4-2-1-3-5-16)15-23(20,22)39(36,37)19-9-7-18(34)8-10-19/h1-12,22H,13-15H2. The van der Waals surface area contributed by atoms with E-state index in [4.69, 9.17) is 4.74 Å². The van der Waals surface area contributed by atoms with Crippen LogP contribution in [0.25, 0.3) is 0 Å². The molecule has 3 aromatic rings. The van der Waals surface area contributed by atoms with Crippen molar-refractivity contribution in [2.45, 2.75) is 40.3 Å². The summed E-state index contributed by atoms with van der Waals surface area (Å²) in [5.74, 6) is -0.526. The lowest BCUT2D eigenvalue weighted by Crippen LogP contribution is -2.50. The van der Waals surface area contributed by atoms with E-state index in [-0.39, 0.29) is 23.5 Å². The molecule has 0 radical (unpaired) electrons. The average Bonchev–Trinajstić information content (AvgIpc) is 3.36. The monoisotopic (exact) mass is 685 g/mol. The van der Waals surface area contributed by atoms with Gasteiger partial charge in [-0.2, -0.15) is 26.3 Å². The third-order valence-electron chi connectivity index (χ3n) is 7.14. The third kappa shape index (κ3) is 4.31. The van der Waals surface area contributed by atoms with Crippen molar-refractivity contribution in [1.29, 1.82) is 0 Å². The Labute approximate surface area is 232 Å². The Morgan fingerprint density at radius 1 is 0.897 bits per heavy atom. The summed E-state index contributed by atoms with van der Waals surface area (Å²) in [6.45, 7) is 0.197. The number of hydrogen-bond acceptors (Lipinski definition) is 4. The Morgan fingerprint density at radius 2 is 1.51 bits per heavy atom. The van der Waals surface area contributed by atoms with Crippen LogP contribution in [-0.2, 0) is 26.8 Å². The van der Waals surface area contributed by atoms with Crippen molar-refractivity contribution in [3.05, 3.63) is 93.1 Å². The van der Waals surface area contributed by atoms with Crippen LogP contribution in [0.1, 0.15) is 16.7 Å². The van der Waals surface area contributed by atoms with Crippen LogP contribution in [0.3, 0.4) is 0 Å². The minimum atomic E-state index is -6.31. The fourth-order valence-corrected chi connectivity index (χ4v) is 7.84. The van der Waals surface area contributed by atoms with E-state index in [0.717, 1.165) is 15.2 Å². The topological polar surface area (TPSA) is 46.6 Å². The van der Waals surface area contributed by atoms with Crippen LogP contribution in [0.5, 0.6) is 5.75 Å². The highest BCUT2D eigenvalue weighted by atomic mass is 127. The normalized spacial score (nSPS) is 21.9. The molecule has 2 atom stereocenters.